The number of nitrogens with zero attached hydrogens (tertiary/aromatic N) is 3. The van der Waals surface area contributed by atoms with Gasteiger partial charge in [-0.2, -0.15) is 5.26 Å². The highest BCUT2D eigenvalue weighted by Gasteiger charge is 2.25. The summed E-state index contributed by atoms with van der Waals surface area (Å²) >= 11 is 0. The second-order valence-corrected chi connectivity index (χ2v) is 5.79. The third kappa shape index (κ3) is 3.16. The van der Waals surface area contributed by atoms with Crippen LogP contribution in [0.1, 0.15) is 12.0 Å². The van der Waals surface area contributed by atoms with Crippen LogP contribution in [0.25, 0.3) is 0 Å². The summed E-state index contributed by atoms with van der Waals surface area (Å²) in [5.41, 5.74) is 3.14. The summed E-state index contributed by atoms with van der Waals surface area (Å²) in [7, 11) is 1.84. The number of carbonyl (C=O) groups excluding carboxylic acids is 1. The van der Waals surface area contributed by atoms with Gasteiger partial charge >= 0.3 is 0 Å². The predicted octanol–water partition coefficient (Wildman–Crippen LogP) is 3.51. The van der Waals surface area contributed by atoms with E-state index in [0.29, 0.717) is 6.54 Å². The minimum atomic E-state index is -0.243. The first-order valence-electron chi connectivity index (χ1n) is 8.00. The summed E-state index contributed by atoms with van der Waals surface area (Å²) in [6.45, 7) is 0.643. The third-order valence-corrected chi connectivity index (χ3v) is 4.19. The molecule has 0 saturated carbocycles. The molecular formula is C20H19N3O. The van der Waals surface area contributed by atoms with E-state index < -0.39 is 0 Å². The molecule has 0 spiro atoms. The van der Waals surface area contributed by atoms with E-state index in [4.69, 9.17) is 0 Å². The average Bonchev–Trinajstić information content (AvgIpc) is 2.65. The number of rotatable bonds is 3. The molecule has 0 N–H and O–H groups in total. The van der Waals surface area contributed by atoms with Gasteiger partial charge in [-0.25, -0.2) is 0 Å². The van der Waals surface area contributed by atoms with Crippen LogP contribution >= 0.6 is 0 Å². The molecule has 24 heavy (non-hydrogen) atoms. The molecule has 0 saturated heterocycles. The number of carbonyl (C=O) groups is 1. The first kappa shape index (κ1) is 15.8. The fourth-order valence-corrected chi connectivity index (χ4v) is 2.95. The zero-order chi connectivity index (χ0) is 16.9. The topological polar surface area (TPSA) is 47.3 Å². The largest absolute Gasteiger partial charge is 0.350 e. The Hall–Kier alpha value is -3.06. The lowest BCUT2D eigenvalue weighted by Gasteiger charge is -2.29. The van der Waals surface area contributed by atoms with Crippen molar-refractivity contribution in [2.45, 2.75) is 12.8 Å². The van der Waals surface area contributed by atoms with E-state index in [0.717, 1.165) is 29.8 Å². The maximum absolute atomic E-state index is 12.9. The van der Waals surface area contributed by atoms with Crippen molar-refractivity contribution in [3.05, 3.63) is 71.9 Å². The van der Waals surface area contributed by atoms with Crippen molar-refractivity contribution in [2.24, 2.45) is 0 Å². The third-order valence-electron chi connectivity index (χ3n) is 4.19. The van der Waals surface area contributed by atoms with Crippen molar-refractivity contribution in [3.8, 4) is 6.07 Å². The van der Waals surface area contributed by atoms with Crippen LogP contribution in [0.3, 0.4) is 0 Å². The number of para-hydroxylation sites is 2. The fraction of sp³-hybridized carbons (Fsp3) is 0.200. The van der Waals surface area contributed by atoms with E-state index in [-0.39, 0.29) is 11.5 Å². The Morgan fingerprint density at radius 3 is 2.62 bits per heavy atom. The van der Waals surface area contributed by atoms with Crippen LogP contribution in [-0.2, 0) is 11.2 Å². The van der Waals surface area contributed by atoms with Gasteiger partial charge in [-0.3, -0.25) is 4.79 Å². The maximum Gasteiger partial charge on any atom is 0.270 e. The van der Waals surface area contributed by atoms with Gasteiger partial charge in [0.25, 0.3) is 5.91 Å². The summed E-state index contributed by atoms with van der Waals surface area (Å²) in [6, 6.07) is 19.6. The predicted molar refractivity (Wildman–Crippen MR) is 95.7 cm³/mol. The summed E-state index contributed by atoms with van der Waals surface area (Å²) < 4.78 is 0. The molecule has 0 aromatic heterocycles. The number of nitriles is 1. The molecule has 0 bridgehead atoms. The van der Waals surface area contributed by atoms with Crippen LogP contribution < -0.4 is 9.80 Å². The molecule has 3 rings (SSSR count). The van der Waals surface area contributed by atoms with Crippen molar-refractivity contribution in [1.82, 2.24) is 0 Å². The molecule has 2 aromatic rings. The van der Waals surface area contributed by atoms with Gasteiger partial charge in [0.1, 0.15) is 11.6 Å². The van der Waals surface area contributed by atoms with Crippen LogP contribution in [0, 0.1) is 11.3 Å². The lowest BCUT2D eigenvalue weighted by Crippen LogP contribution is -2.36. The molecule has 1 heterocycles. The smallest absolute Gasteiger partial charge is 0.270 e. The van der Waals surface area contributed by atoms with E-state index in [9.17, 15) is 10.1 Å². The Balaban J connectivity index is 1.88. The highest BCUT2D eigenvalue weighted by atomic mass is 16.2. The SMILES string of the molecule is CN(/C=C(/C#N)C(=O)N1CCCc2ccccc21)c1ccccc1. The Kier molecular flexibility index (Phi) is 4.62. The summed E-state index contributed by atoms with van der Waals surface area (Å²) in [4.78, 5) is 16.4. The van der Waals surface area contributed by atoms with Crippen molar-refractivity contribution >= 4 is 17.3 Å². The second-order valence-electron chi connectivity index (χ2n) is 5.79. The molecule has 4 heteroatoms. The number of fused-ring (bicyclic) bond motifs is 1. The van der Waals surface area contributed by atoms with Gasteiger partial charge in [-0.15, -0.1) is 0 Å². The monoisotopic (exact) mass is 317 g/mol. The molecule has 1 amide bonds. The van der Waals surface area contributed by atoms with E-state index in [1.54, 1.807) is 16.0 Å². The Labute approximate surface area is 142 Å². The molecule has 2 aromatic carbocycles. The van der Waals surface area contributed by atoms with Crippen LogP contribution in [0.4, 0.5) is 11.4 Å². The van der Waals surface area contributed by atoms with Crippen molar-refractivity contribution < 1.29 is 4.79 Å². The average molecular weight is 317 g/mol. The van der Waals surface area contributed by atoms with E-state index >= 15 is 0 Å². The van der Waals surface area contributed by atoms with Gasteiger partial charge < -0.3 is 9.80 Å². The van der Waals surface area contributed by atoms with Crippen molar-refractivity contribution in [1.29, 1.82) is 5.26 Å². The summed E-state index contributed by atoms with van der Waals surface area (Å²) in [5, 5.41) is 9.48. The molecule has 0 radical (unpaired) electrons. The number of hydrogen-bond donors (Lipinski definition) is 0. The fourth-order valence-electron chi connectivity index (χ4n) is 2.95. The number of amides is 1. The summed E-state index contributed by atoms with van der Waals surface area (Å²) in [6.07, 6.45) is 3.49. The lowest BCUT2D eigenvalue weighted by molar-refractivity contribution is -0.114. The molecule has 0 unspecified atom stereocenters. The molecule has 0 atom stereocenters. The Morgan fingerprint density at radius 1 is 1.17 bits per heavy atom. The second kappa shape index (κ2) is 7.01. The Bertz CT molecular complexity index is 805. The zero-order valence-corrected chi connectivity index (χ0v) is 13.6. The van der Waals surface area contributed by atoms with Gasteiger partial charge in [0.05, 0.1) is 0 Å². The molecule has 0 aliphatic carbocycles. The number of aryl methyl sites for hydroxylation is 1. The highest BCUT2D eigenvalue weighted by Crippen LogP contribution is 2.28. The molecular weight excluding hydrogens is 298 g/mol. The molecule has 0 fully saturated rings. The zero-order valence-electron chi connectivity index (χ0n) is 13.6. The van der Waals surface area contributed by atoms with Gasteiger partial charge in [0, 0.05) is 31.2 Å². The quantitative estimate of drug-likeness (QED) is 0.643. The maximum atomic E-state index is 12.9. The summed E-state index contributed by atoms with van der Waals surface area (Å²) in [5.74, 6) is -0.243. The minimum absolute atomic E-state index is 0.137. The lowest BCUT2D eigenvalue weighted by atomic mass is 10.0. The molecule has 1 aliphatic rings. The first-order valence-corrected chi connectivity index (χ1v) is 8.00. The van der Waals surface area contributed by atoms with Gasteiger partial charge in [-0.05, 0) is 36.6 Å². The Morgan fingerprint density at radius 2 is 1.88 bits per heavy atom. The van der Waals surface area contributed by atoms with E-state index in [1.807, 2.05) is 61.6 Å². The standard InChI is InChI=1S/C20H19N3O/c1-22(18-10-3-2-4-11-18)15-17(14-21)20(24)23-13-7-9-16-8-5-6-12-19(16)23/h2-6,8,10-12,15H,7,9,13H2,1H3/b17-15-. The van der Waals surface area contributed by atoms with E-state index in [1.165, 1.54) is 0 Å². The highest BCUT2D eigenvalue weighted by molar-refractivity contribution is 6.09. The van der Waals surface area contributed by atoms with Crippen molar-refractivity contribution in [2.75, 3.05) is 23.4 Å². The first-order chi connectivity index (χ1) is 11.7. The van der Waals surface area contributed by atoms with Crippen LogP contribution in [0.5, 0.6) is 0 Å². The van der Waals surface area contributed by atoms with Gasteiger partial charge in [0.2, 0.25) is 0 Å². The van der Waals surface area contributed by atoms with Gasteiger partial charge in [0.15, 0.2) is 0 Å². The minimum Gasteiger partial charge on any atom is -0.350 e. The number of benzene rings is 2. The van der Waals surface area contributed by atoms with Crippen molar-refractivity contribution in [3.63, 3.8) is 0 Å². The number of anilines is 2. The van der Waals surface area contributed by atoms with Crippen LogP contribution in [-0.4, -0.2) is 19.5 Å². The van der Waals surface area contributed by atoms with Gasteiger partial charge in [-0.1, -0.05) is 36.4 Å². The molecule has 1 aliphatic heterocycles. The van der Waals surface area contributed by atoms with Crippen LogP contribution in [0.15, 0.2) is 66.4 Å². The molecule has 4 nitrogen and oxygen atoms in total. The normalized spacial score (nSPS) is 13.8. The van der Waals surface area contributed by atoms with E-state index in [2.05, 4.69) is 6.07 Å². The molecule has 120 valence electrons. The van der Waals surface area contributed by atoms with Crippen LogP contribution in [0.2, 0.25) is 0 Å². The number of hydrogen-bond acceptors (Lipinski definition) is 3.